The molecule has 240 valence electrons. The first-order valence-electron chi connectivity index (χ1n) is 16.2. The molecule has 0 heterocycles. The van der Waals surface area contributed by atoms with Crippen molar-refractivity contribution in [1.29, 1.82) is 0 Å². The molecule has 5 atom stereocenters. The van der Waals surface area contributed by atoms with Crippen molar-refractivity contribution in [3.8, 4) is 0 Å². The van der Waals surface area contributed by atoms with E-state index in [2.05, 4.69) is 38.1 Å². The monoisotopic (exact) mass is 618 g/mol. The third kappa shape index (κ3) is 9.34. The molecule has 4 rings (SSSR count). The highest BCUT2D eigenvalue weighted by molar-refractivity contribution is 7.99. The Bertz CT molecular complexity index is 967. The van der Waals surface area contributed by atoms with E-state index in [1.807, 2.05) is 0 Å². The zero-order valence-electron chi connectivity index (χ0n) is 25.8. The SMILES string of the molecule is CC(=O)OC1CCC2C3CCc4ccccc4C3CCC12C.CCCCCCCCCSCCCC(F)(F)C(F)(F)F. The number of thioether (sulfide) groups is 1. The van der Waals surface area contributed by atoms with Gasteiger partial charge in [-0.2, -0.15) is 33.7 Å². The number of carbonyl (C=O) groups excluding carboxylic acids is 1. The zero-order chi connectivity index (χ0) is 30.8. The molecule has 0 amide bonds. The van der Waals surface area contributed by atoms with E-state index in [1.165, 1.54) is 76.0 Å². The van der Waals surface area contributed by atoms with Crippen molar-refractivity contribution >= 4 is 17.7 Å². The molecule has 0 aliphatic heterocycles. The number of unbranched alkanes of at least 4 members (excludes halogenated alkanes) is 6. The summed E-state index contributed by atoms with van der Waals surface area (Å²) in [4.78, 5) is 11.4. The summed E-state index contributed by atoms with van der Waals surface area (Å²) in [6.45, 7) is 6.10. The van der Waals surface area contributed by atoms with Crippen LogP contribution >= 0.6 is 11.8 Å². The third-order valence-electron chi connectivity index (χ3n) is 9.95. The Balaban J connectivity index is 0.000000232. The molecule has 3 aliphatic rings. The molecule has 3 aliphatic carbocycles. The molecule has 2 nitrogen and oxygen atoms in total. The average molecular weight is 619 g/mol. The molecule has 1 aromatic carbocycles. The largest absolute Gasteiger partial charge is 0.462 e. The van der Waals surface area contributed by atoms with Crippen molar-refractivity contribution in [3.63, 3.8) is 0 Å². The minimum Gasteiger partial charge on any atom is -0.462 e. The number of hydrogen-bond acceptors (Lipinski definition) is 3. The van der Waals surface area contributed by atoms with E-state index in [9.17, 15) is 26.7 Å². The third-order valence-corrected chi connectivity index (χ3v) is 11.1. The van der Waals surface area contributed by atoms with Gasteiger partial charge in [-0.15, -0.1) is 0 Å². The summed E-state index contributed by atoms with van der Waals surface area (Å²) in [5.74, 6) is -1.17. The van der Waals surface area contributed by atoms with E-state index in [-0.39, 0.29) is 23.9 Å². The van der Waals surface area contributed by atoms with Gasteiger partial charge in [-0.1, -0.05) is 76.6 Å². The quantitative estimate of drug-likeness (QED) is 0.125. The van der Waals surface area contributed by atoms with E-state index >= 15 is 0 Å². The van der Waals surface area contributed by atoms with E-state index in [0.29, 0.717) is 5.75 Å². The molecule has 42 heavy (non-hydrogen) atoms. The fourth-order valence-electron chi connectivity index (χ4n) is 7.67. The topological polar surface area (TPSA) is 26.3 Å². The number of aryl methyl sites for hydroxylation is 1. The van der Waals surface area contributed by atoms with Gasteiger partial charge in [0.15, 0.2) is 0 Å². The average Bonchev–Trinajstić information content (AvgIpc) is 3.26. The normalized spacial score (nSPS) is 26.9. The van der Waals surface area contributed by atoms with Crippen molar-refractivity contribution in [1.82, 2.24) is 0 Å². The van der Waals surface area contributed by atoms with Crippen LogP contribution in [0.4, 0.5) is 22.0 Å². The van der Waals surface area contributed by atoms with Crippen molar-refractivity contribution < 1.29 is 31.5 Å². The molecular weight excluding hydrogens is 567 g/mol. The molecule has 0 N–H and O–H groups in total. The number of esters is 1. The molecule has 5 unspecified atom stereocenters. The maximum absolute atomic E-state index is 12.6. The van der Waals surface area contributed by atoms with E-state index in [4.69, 9.17) is 4.74 Å². The van der Waals surface area contributed by atoms with Crippen LogP contribution in [0.25, 0.3) is 0 Å². The number of benzene rings is 1. The Kier molecular flexibility index (Phi) is 13.5. The Morgan fingerprint density at radius 1 is 0.929 bits per heavy atom. The van der Waals surface area contributed by atoms with Crippen molar-refractivity contribution in [2.75, 3.05) is 11.5 Å². The number of alkyl halides is 5. The number of halogens is 5. The summed E-state index contributed by atoms with van der Waals surface area (Å²) in [6.07, 6.45) is 9.15. The van der Waals surface area contributed by atoms with Gasteiger partial charge in [0.2, 0.25) is 0 Å². The summed E-state index contributed by atoms with van der Waals surface area (Å²) in [5, 5.41) is 0. The van der Waals surface area contributed by atoms with Gasteiger partial charge < -0.3 is 4.74 Å². The van der Waals surface area contributed by atoms with Crippen molar-refractivity contribution in [3.05, 3.63) is 35.4 Å². The van der Waals surface area contributed by atoms with Crippen LogP contribution in [0.3, 0.4) is 0 Å². The Morgan fingerprint density at radius 3 is 2.29 bits per heavy atom. The second-order valence-corrected chi connectivity index (χ2v) is 14.1. The predicted molar refractivity (Wildman–Crippen MR) is 162 cm³/mol. The van der Waals surface area contributed by atoms with Gasteiger partial charge in [-0.25, -0.2) is 0 Å². The van der Waals surface area contributed by atoms with Gasteiger partial charge in [0.1, 0.15) is 6.10 Å². The van der Waals surface area contributed by atoms with E-state index < -0.39 is 18.5 Å². The van der Waals surface area contributed by atoms with Crippen LogP contribution < -0.4 is 0 Å². The lowest BCUT2D eigenvalue weighted by atomic mass is 9.55. The molecule has 1 aromatic rings. The van der Waals surface area contributed by atoms with Gasteiger partial charge in [-0.05, 0) is 91.8 Å². The highest BCUT2D eigenvalue weighted by atomic mass is 32.2. The number of hydrogen-bond donors (Lipinski definition) is 0. The number of ether oxygens (including phenoxy) is 1. The fraction of sp³-hybridized carbons (Fsp3) is 0.794. The molecule has 0 radical (unpaired) electrons. The molecule has 0 spiro atoms. The minimum absolute atomic E-state index is 0.0896. The summed E-state index contributed by atoms with van der Waals surface area (Å²) < 4.78 is 66.5. The number of carbonyl (C=O) groups is 1. The Hall–Kier alpha value is -1.31. The first-order chi connectivity index (χ1) is 19.9. The molecule has 0 aromatic heterocycles. The summed E-state index contributed by atoms with van der Waals surface area (Å²) in [7, 11) is 0. The lowest BCUT2D eigenvalue weighted by molar-refractivity contribution is -0.284. The van der Waals surface area contributed by atoms with Crippen LogP contribution in [0, 0.1) is 17.3 Å². The second-order valence-electron chi connectivity index (χ2n) is 12.9. The highest BCUT2D eigenvalue weighted by Gasteiger charge is 2.57. The summed E-state index contributed by atoms with van der Waals surface area (Å²) in [5.41, 5.74) is 3.39. The van der Waals surface area contributed by atoms with E-state index in [1.54, 1.807) is 18.1 Å². The van der Waals surface area contributed by atoms with Gasteiger partial charge in [-0.3, -0.25) is 4.79 Å². The minimum atomic E-state index is -5.41. The first kappa shape index (κ1) is 35.2. The molecule has 2 saturated carbocycles. The van der Waals surface area contributed by atoms with Gasteiger partial charge in [0.25, 0.3) is 0 Å². The molecule has 0 bridgehead atoms. The lowest BCUT2D eigenvalue weighted by Crippen LogP contribution is -2.45. The molecule has 2 fully saturated rings. The molecule has 8 heteroatoms. The smallest absolute Gasteiger partial charge is 0.453 e. The number of rotatable bonds is 13. The molecule has 0 saturated heterocycles. The van der Waals surface area contributed by atoms with Gasteiger partial charge in [0, 0.05) is 18.8 Å². The Morgan fingerprint density at radius 2 is 1.60 bits per heavy atom. The van der Waals surface area contributed by atoms with Crippen LogP contribution in [0.2, 0.25) is 0 Å². The van der Waals surface area contributed by atoms with Crippen molar-refractivity contribution in [2.24, 2.45) is 17.3 Å². The maximum atomic E-state index is 12.6. The maximum Gasteiger partial charge on any atom is 0.453 e. The van der Waals surface area contributed by atoms with Gasteiger partial charge >= 0.3 is 18.1 Å². The van der Waals surface area contributed by atoms with E-state index in [0.717, 1.165) is 42.8 Å². The van der Waals surface area contributed by atoms with Crippen LogP contribution in [-0.4, -0.2) is 35.7 Å². The second kappa shape index (κ2) is 16.1. The molecular formula is C34H51F5O2S. The summed E-state index contributed by atoms with van der Waals surface area (Å²) in [6, 6.07) is 9.05. The van der Waals surface area contributed by atoms with Crippen LogP contribution in [0.5, 0.6) is 0 Å². The van der Waals surface area contributed by atoms with Crippen LogP contribution in [0.15, 0.2) is 24.3 Å². The van der Waals surface area contributed by atoms with Crippen molar-refractivity contribution in [2.45, 2.75) is 141 Å². The number of fused-ring (bicyclic) bond motifs is 5. The predicted octanol–water partition coefficient (Wildman–Crippen LogP) is 10.9. The Labute approximate surface area is 254 Å². The van der Waals surface area contributed by atoms with Gasteiger partial charge in [0.05, 0.1) is 0 Å². The highest BCUT2D eigenvalue weighted by Crippen LogP contribution is 2.61. The standard InChI is InChI=1S/C20H26O2.C14H25F5S/c1-13(21)22-19-10-9-18-17-8-7-14-5-3-4-6-15(14)16(17)11-12-20(18,19)2;1-2-3-4-5-6-7-8-11-20-12-9-10-13(15,16)14(17,18)19/h3-6,16-19H,7-12H2,1-2H3;2-12H2,1H3. The first-order valence-corrected chi connectivity index (χ1v) is 17.3. The zero-order valence-corrected chi connectivity index (χ0v) is 26.6. The fourth-order valence-corrected chi connectivity index (χ4v) is 8.63. The van der Waals surface area contributed by atoms with Crippen LogP contribution in [-0.2, 0) is 16.0 Å². The summed E-state index contributed by atoms with van der Waals surface area (Å²) >= 11 is 1.47. The van der Waals surface area contributed by atoms with Crippen LogP contribution in [0.1, 0.15) is 128 Å². The lowest BCUT2D eigenvalue weighted by Gasteiger charge is -2.50.